The van der Waals surface area contributed by atoms with Crippen molar-refractivity contribution in [1.82, 2.24) is 0 Å². The van der Waals surface area contributed by atoms with Crippen LogP contribution in [0.25, 0.3) is 0 Å². The van der Waals surface area contributed by atoms with Crippen molar-refractivity contribution >= 4 is 0 Å². The van der Waals surface area contributed by atoms with Crippen molar-refractivity contribution in [3.8, 4) is 5.75 Å². The van der Waals surface area contributed by atoms with Crippen molar-refractivity contribution in [2.45, 2.75) is 39.7 Å². The first-order chi connectivity index (χ1) is 9.97. The predicted octanol–water partition coefficient (Wildman–Crippen LogP) is 4.54. The summed E-state index contributed by atoms with van der Waals surface area (Å²) in [6, 6.07) is 14.2. The lowest BCUT2D eigenvalue weighted by atomic mass is 10.0. The monoisotopic (exact) mass is 284 g/mol. The Balaban J connectivity index is 2.01. The van der Waals surface area contributed by atoms with Crippen LogP contribution < -0.4 is 4.74 Å². The van der Waals surface area contributed by atoms with Gasteiger partial charge in [-0.2, -0.15) is 0 Å². The fourth-order valence-corrected chi connectivity index (χ4v) is 2.23. The summed E-state index contributed by atoms with van der Waals surface area (Å²) >= 11 is 0. The molecule has 2 nitrogen and oxygen atoms in total. The van der Waals surface area contributed by atoms with E-state index >= 15 is 0 Å². The number of aryl methyl sites for hydroxylation is 2. The van der Waals surface area contributed by atoms with Crippen LogP contribution in [0.1, 0.15) is 48.1 Å². The molecular weight excluding hydrogens is 260 g/mol. The van der Waals surface area contributed by atoms with Gasteiger partial charge in [0.25, 0.3) is 0 Å². The summed E-state index contributed by atoms with van der Waals surface area (Å²) in [5, 5.41) is 10.2. The fourth-order valence-electron chi connectivity index (χ4n) is 2.23. The smallest absolute Gasteiger partial charge is 0.122 e. The van der Waals surface area contributed by atoms with Gasteiger partial charge in [-0.3, -0.25) is 0 Å². The zero-order valence-corrected chi connectivity index (χ0v) is 13.3. The zero-order valence-electron chi connectivity index (χ0n) is 13.3. The van der Waals surface area contributed by atoms with Crippen LogP contribution in [0.3, 0.4) is 0 Å². The number of benzene rings is 2. The molecule has 0 radical (unpaired) electrons. The number of hydrogen-bond donors (Lipinski definition) is 1. The summed E-state index contributed by atoms with van der Waals surface area (Å²) in [7, 11) is 0. The van der Waals surface area contributed by atoms with E-state index in [9.17, 15) is 5.11 Å². The standard InChI is InChI=1S/C19H24O2/c1-13(2)16-7-9-17(10-8-16)18(20)12-21-19-11-14(3)5-6-15(19)4/h5-11,13,18,20H,12H2,1-4H3. The molecule has 0 bridgehead atoms. The van der Waals surface area contributed by atoms with Gasteiger partial charge in [-0.1, -0.05) is 50.2 Å². The van der Waals surface area contributed by atoms with Gasteiger partial charge in [-0.25, -0.2) is 0 Å². The molecule has 2 aromatic carbocycles. The molecule has 0 aromatic heterocycles. The van der Waals surface area contributed by atoms with Gasteiger partial charge in [0.2, 0.25) is 0 Å². The molecular formula is C19H24O2. The predicted molar refractivity (Wildman–Crippen MR) is 86.9 cm³/mol. The van der Waals surface area contributed by atoms with Crippen molar-refractivity contribution in [2.24, 2.45) is 0 Å². The van der Waals surface area contributed by atoms with Gasteiger partial charge < -0.3 is 9.84 Å². The molecule has 0 fully saturated rings. The first-order valence-electron chi connectivity index (χ1n) is 7.45. The Hall–Kier alpha value is -1.80. The lowest BCUT2D eigenvalue weighted by molar-refractivity contribution is 0.108. The normalized spacial score (nSPS) is 12.5. The fraction of sp³-hybridized carbons (Fsp3) is 0.368. The quantitative estimate of drug-likeness (QED) is 0.873. The molecule has 0 aliphatic heterocycles. The minimum absolute atomic E-state index is 0.269. The van der Waals surface area contributed by atoms with Gasteiger partial charge in [-0.15, -0.1) is 0 Å². The van der Waals surface area contributed by atoms with E-state index in [2.05, 4.69) is 32.0 Å². The molecule has 0 saturated carbocycles. The summed E-state index contributed by atoms with van der Waals surface area (Å²) in [6.45, 7) is 8.64. The van der Waals surface area contributed by atoms with E-state index in [4.69, 9.17) is 4.74 Å². The van der Waals surface area contributed by atoms with E-state index in [0.29, 0.717) is 5.92 Å². The van der Waals surface area contributed by atoms with E-state index in [0.717, 1.165) is 22.4 Å². The summed E-state index contributed by atoms with van der Waals surface area (Å²) in [4.78, 5) is 0. The van der Waals surface area contributed by atoms with Gasteiger partial charge in [0.05, 0.1) is 0 Å². The highest BCUT2D eigenvalue weighted by Crippen LogP contribution is 2.22. The lowest BCUT2D eigenvalue weighted by Crippen LogP contribution is -2.10. The van der Waals surface area contributed by atoms with Crippen molar-refractivity contribution in [1.29, 1.82) is 0 Å². The molecule has 1 atom stereocenters. The van der Waals surface area contributed by atoms with Crippen LogP contribution in [-0.4, -0.2) is 11.7 Å². The van der Waals surface area contributed by atoms with Crippen LogP contribution in [0.4, 0.5) is 0 Å². The summed E-state index contributed by atoms with van der Waals surface area (Å²) in [6.07, 6.45) is -0.605. The first kappa shape index (κ1) is 15.6. The van der Waals surface area contributed by atoms with Gasteiger partial charge in [0.15, 0.2) is 0 Å². The van der Waals surface area contributed by atoms with E-state index in [1.54, 1.807) is 0 Å². The lowest BCUT2D eigenvalue weighted by Gasteiger charge is -2.15. The van der Waals surface area contributed by atoms with Crippen molar-refractivity contribution in [3.63, 3.8) is 0 Å². The molecule has 1 N–H and O–H groups in total. The molecule has 2 aromatic rings. The summed E-state index contributed by atoms with van der Waals surface area (Å²) in [5.41, 5.74) is 4.42. The molecule has 0 aliphatic carbocycles. The second-order valence-corrected chi connectivity index (χ2v) is 5.92. The Labute approximate surface area is 127 Å². The molecule has 0 spiro atoms. The van der Waals surface area contributed by atoms with Crippen molar-refractivity contribution < 1.29 is 9.84 Å². The third kappa shape index (κ3) is 4.08. The Morgan fingerprint density at radius 2 is 1.57 bits per heavy atom. The van der Waals surface area contributed by atoms with Gasteiger partial charge >= 0.3 is 0 Å². The molecule has 2 heteroatoms. The van der Waals surface area contributed by atoms with E-state index in [1.807, 2.05) is 38.1 Å². The van der Waals surface area contributed by atoms with Gasteiger partial charge in [-0.05, 0) is 48.1 Å². The van der Waals surface area contributed by atoms with Crippen molar-refractivity contribution in [3.05, 3.63) is 64.7 Å². The number of ether oxygens (including phenoxy) is 1. The topological polar surface area (TPSA) is 29.5 Å². The minimum atomic E-state index is -0.605. The SMILES string of the molecule is Cc1ccc(C)c(OCC(O)c2ccc(C(C)C)cc2)c1. The first-order valence-corrected chi connectivity index (χ1v) is 7.45. The molecule has 0 saturated heterocycles. The maximum Gasteiger partial charge on any atom is 0.122 e. The molecule has 0 amide bonds. The van der Waals surface area contributed by atoms with Crippen LogP contribution in [0.2, 0.25) is 0 Å². The van der Waals surface area contributed by atoms with E-state index in [-0.39, 0.29) is 6.61 Å². The summed E-state index contributed by atoms with van der Waals surface area (Å²) < 4.78 is 5.76. The Bertz CT molecular complexity index is 585. The van der Waals surface area contributed by atoms with Crippen LogP contribution in [0.5, 0.6) is 5.75 Å². The van der Waals surface area contributed by atoms with E-state index in [1.165, 1.54) is 5.56 Å². The third-order valence-corrected chi connectivity index (χ3v) is 3.73. The average molecular weight is 284 g/mol. The van der Waals surface area contributed by atoms with Crippen LogP contribution in [0, 0.1) is 13.8 Å². The molecule has 1 unspecified atom stereocenters. The Morgan fingerprint density at radius 3 is 2.19 bits per heavy atom. The maximum atomic E-state index is 10.2. The highest BCUT2D eigenvalue weighted by Gasteiger charge is 2.10. The Kier molecular flexibility index (Phi) is 5.03. The minimum Gasteiger partial charge on any atom is -0.490 e. The van der Waals surface area contributed by atoms with Crippen LogP contribution in [0.15, 0.2) is 42.5 Å². The number of aliphatic hydroxyl groups excluding tert-OH is 1. The molecule has 112 valence electrons. The molecule has 2 rings (SSSR count). The van der Waals surface area contributed by atoms with Crippen LogP contribution >= 0.6 is 0 Å². The Morgan fingerprint density at radius 1 is 0.952 bits per heavy atom. The maximum absolute atomic E-state index is 10.2. The molecule has 21 heavy (non-hydrogen) atoms. The molecule has 0 heterocycles. The number of rotatable bonds is 5. The van der Waals surface area contributed by atoms with Gasteiger partial charge in [0.1, 0.15) is 18.5 Å². The van der Waals surface area contributed by atoms with Gasteiger partial charge in [0, 0.05) is 0 Å². The largest absolute Gasteiger partial charge is 0.490 e. The summed E-state index contributed by atoms with van der Waals surface area (Å²) in [5.74, 6) is 1.34. The second-order valence-electron chi connectivity index (χ2n) is 5.92. The molecule has 0 aliphatic rings. The average Bonchev–Trinajstić information content (AvgIpc) is 2.48. The third-order valence-electron chi connectivity index (χ3n) is 3.73. The van der Waals surface area contributed by atoms with E-state index < -0.39 is 6.10 Å². The highest BCUT2D eigenvalue weighted by atomic mass is 16.5. The van der Waals surface area contributed by atoms with Crippen molar-refractivity contribution in [2.75, 3.05) is 6.61 Å². The zero-order chi connectivity index (χ0) is 15.4. The van der Waals surface area contributed by atoms with Crippen LogP contribution in [-0.2, 0) is 0 Å². The highest BCUT2D eigenvalue weighted by molar-refractivity contribution is 5.36. The number of aliphatic hydroxyl groups is 1. The second kappa shape index (κ2) is 6.77. The number of hydrogen-bond acceptors (Lipinski definition) is 2.